The molecule has 0 amide bonds. The van der Waals surface area contributed by atoms with Crippen LogP contribution in [0.15, 0.2) is 41.7 Å². The Morgan fingerprint density at radius 1 is 1.44 bits per heavy atom. The van der Waals surface area contributed by atoms with E-state index in [1.165, 1.54) is 5.57 Å². The number of thioether (sulfide) groups is 1. The van der Waals surface area contributed by atoms with Gasteiger partial charge in [-0.25, -0.2) is 0 Å². The second-order valence-electron chi connectivity index (χ2n) is 4.13. The van der Waals surface area contributed by atoms with Gasteiger partial charge in [0.15, 0.2) is 10.8 Å². The number of nitrogens with zero attached hydrogens (tertiary/aromatic N) is 3. The molecule has 2 aromatic rings. The molecule has 0 aliphatic heterocycles. The summed E-state index contributed by atoms with van der Waals surface area (Å²) in [6.07, 6.45) is 3.13. The Labute approximate surface area is 111 Å². The third kappa shape index (κ3) is 3.34. The number of aromatic nitrogens is 3. The first-order chi connectivity index (χ1) is 8.81. The van der Waals surface area contributed by atoms with Crippen LogP contribution in [0.1, 0.15) is 13.3 Å². The highest BCUT2D eigenvalue weighted by Crippen LogP contribution is 2.18. The van der Waals surface area contributed by atoms with Crippen LogP contribution in [0.25, 0.3) is 5.65 Å². The molecule has 0 saturated heterocycles. The zero-order valence-corrected chi connectivity index (χ0v) is 11.4. The molecule has 1 N–H and O–H groups in total. The molecule has 18 heavy (non-hydrogen) atoms. The molecule has 0 fully saturated rings. The maximum atomic E-state index is 4.18. The largest absolute Gasteiger partial charge is 0.313 e. The van der Waals surface area contributed by atoms with Crippen molar-refractivity contribution in [2.45, 2.75) is 18.5 Å². The predicted molar refractivity (Wildman–Crippen MR) is 76.0 cm³/mol. The van der Waals surface area contributed by atoms with Crippen LogP contribution in [-0.4, -0.2) is 33.4 Å². The van der Waals surface area contributed by atoms with Crippen molar-refractivity contribution in [3.8, 4) is 0 Å². The summed E-state index contributed by atoms with van der Waals surface area (Å²) < 4.78 is 2.00. The number of rotatable bonds is 7. The van der Waals surface area contributed by atoms with E-state index in [9.17, 15) is 0 Å². The fourth-order valence-corrected chi connectivity index (χ4v) is 2.40. The van der Waals surface area contributed by atoms with Gasteiger partial charge in [0.2, 0.25) is 0 Å². The monoisotopic (exact) mass is 262 g/mol. The summed E-state index contributed by atoms with van der Waals surface area (Å²) in [5.41, 5.74) is 2.07. The quantitative estimate of drug-likeness (QED) is 0.472. The summed E-state index contributed by atoms with van der Waals surface area (Å²) >= 11 is 1.67. The second-order valence-corrected chi connectivity index (χ2v) is 5.07. The zero-order chi connectivity index (χ0) is 12.8. The molecule has 0 radical (unpaired) electrons. The minimum absolute atomic E-state index is 0.867. The smallest absolute Gasteiger partial charge is 0.195 e. The molecule has 5 heteroatoms. The number of nitrogens with one attached hydrogen (secondary N) is 1. The van der Waals surface area contributed by atoms with E-state index in [-0.39, 0.29) is 0 Å². The average Bonchev–Trinajstić information content (AvgIpc) is 2.80. The van der Waals surface area contributed by atoms with Crippen LogP contribution in [0, 0.1) is 0 Å². The van der Waals surface area contributed by atoms with Gasteiger partial charge in [-0.2, -0.15) is 0 Å². The number of fused-ring (bicyclic) bond motifs is 1. The van der Waals surface area contributed by atoms with E-state index >= 15 is 0 Å². The lowest BCUT2D eigenvalue weighted by Gasteiger charge is -2.05. The van der Waals surface area contributed by atoms with Crippen LogP contribution in [0.4, 0.5) is 0 Å². The van der Waals surface area contributed by atoms with Crippen LogP contribution in [-0.2, 0) is 0 Å². The minimum atomic E-state index is 0.867. The number of hydrogen-bond acceptors (Lipinski definition) is 4. The van der Waals surface area contributed by atoms with E-state index in [1.54, 1.807) is 11.8 Å². The van der Waals surface area contributed by atoms with E-state index in [4.69, 9.17) is 0 Å². The fourth-order valence-electron chi connectivity index (χ4n) is 1.58. The minimum Gasteiger partial charge on any atom is -0.313 e. The first-order valence-electron chi connectivity index (χ1n) is 6.11. The Kier molecular flexibility index (Phi) is 4.78. The molecule has 0 aromatic carbocycles. The van der Waals surface area contributed by atoms with Gasteiger partial charge in [0, 0.05) is 18.5 Å². The van der Waals surface area contributed by atoms with Gasteiger partial charge in [0.05, 0.1) is 0 Å². The van der Waals surface area contributed by atoms with Gasteiger partial charge in [-0.15, -0.1) is 10.2 Å². The average molecular weight is 262 g/mol. The van der Waals surface area contributed by atoms with E-state index in [2.05, 4.69) is 29.0 Å². The summed E-state index contributed by atoms with van der Waals surface area (Å²) in [7, 11) is 0. The maximum Gasteiger partial charge on any atom is 0.195 e. The standard InChI is InChI=1S/C13H18N4S/c1-3-7-14-9-11(2)10-18-13-16-15-12-6-4-5-8-17(12)13/h4-6,8,14H,2-3,7,9-10H2,1H3. The molecule has 0 aliphatic carbocycles. The van der Waals surface area contributed by atoms with E-state index < -0.39 is 0 Å². The van der Waals surface area contributed by atoms with Gasteiger partial charge in [0.1, 0.15) is 0 Å². The van der Waals surface area contributed by atoms with Crippen LogP contribution in [0.2, 0.25) is 0 Å². The summed E-state index contributed by atoms with van der Waals surface area (Å²) in [6.45, 7) is 8.14. The lowest BCUT2D eigenvalue weighted by Crippen LogP contribution is -2.18. The number of hydrogen-bond donors (Lipinski definition) is 1. The molecule has 0 bridgehead atoms. The van der Waals surface area contributed by atoms with Gasteiger partial charge < -0.3 is 5.32 Å². The van der Waals surface area contributed by atoms with Crippen molar-refractivity contribution >= 4 is 17.4 Å². The summed E-state index contributed by atoms with van der Waals surface area (Å²) in [5.74, 6) is 0.867. The molecule has 2 rings (SSSR count). The van der Waals surface area contributed by atoms with Crippen molar-refractivity contribution in [2.75, 3.05) is 18.8 Å². The third-order valence-corrected chi connectivity index (χ3v) is 3.58. The first kappa shape index (κ1) is 13.1. The molecule has 0 atom stereocenters. The molecular formula is C13H18N4S. The molecule has 4 nitrogen and oxygen atoms in total. The Balaban J connectivity index is 1.88. The Hall–Kier alpha value is -1.33. The van der Waals surface area contributed by atoms with Crippen LogP contribution in [0.5, 0.6) is 0 Å². The fraction of sp³-hybridized carbons (Fsp3) is 0.385. The van der Waals surface area contributed by atoms with Crippen LogP contribution >= 0.6 is 11.8 Å². The molecule has 0 unspecified atom stereocenters. The van der Waals surface area contributed by atoms with Gasteiger partial charge in [-0.3, -0.25) is 4.40 Å². The predicted octanol–water partition coefficient (Wildman–Crippen LogP) is 2.38. The van der Waals surface area contributed by atoms with E-state index in [0.717, 1.165) is 36.1 Å². The van der Waals surface area contributed by atoms with E-state index in [0.29, 0.717) is 0 Å². The molecular weight excluding hydrogens is 244 g/mol. The van der Waals surface area contributed by atoms with E-state index in [1.807, 2.05) is 28.8 Å². The highest BCUT2D eigenvalue weighted by molar-refractivity contribution is 7.99. The second kappa shape index (κ2) is 6.56. The van der Waals surface area contributed by atoms with Gasteiger partial charge >= 0.3 is 0 Å². The van der Waals surface area contributed by atoms with Crippen molar-refractivity contribution in [3.63, 3.8) is 0 Å². The van der Waals surface area contributed by atoms with Crippen molar-refractivity contribution in [1.29, 1.82) is 0 Å². The summed E-state index contributed by atoms with van der Waals surface area (Å²) in [4.78, 5) is 0. The maximum absolute atomic E-state index is 4.18. The van der Waals surface area contributed by atoms with Gasteiger partial charge in [-0.05, 0) is 25.1 Å². The lowest BCUT2D eigenvalue weighted by molar-refractivity contribution is 0.715. The molecule has 96 valence electrons. The van der Waals surface area contributed by atoms with Crippen molar-refractivity contribution in [2.24, 2.45) is 0 Å². The molecule has 0 spiro atoms. The van der Waals surface area contributed by atoms with Crippen molar-refractivity contribution < 1.29 is 0 Å². The normalized spacial score (nSPS) is 10.9. The van der Waals surface area contributed by atoms with Crippen LogP contribution < -0.4 is 5.32 Å². The highest BCUT2D eigenvalue weighted by atomic mass is 32.2. The Morgan fingerprint density at radius 2 is 2.33 bits per heavy atom. The molecule has 2 heterocycles. The topological polar surface area (TPSA) is 42.2 Å². The van der Waals surface area contributed by atoms with Crippen molar-refractivity contribution in [1.82, 2.24) is 19.9 Å². The van der Waals surface area contributed by atoms with Gasteiger partial charge in [0.25, 0.3) is 0 Å². The summed E-state index contributed by atoms with van der Waals surface area (Å²) in [6, 6.07) is 5.90. The van der Waals surface area contributed by atoms with Crippen LogP contribution in [0.3, 0.4) is 0 Å². The number of pyridine rings is 1. The first-order valence-corrected chi connectivity index (χ1v) is 7.09. The Morgan fingerprint density at radius 3 is 3.17 bits per heavy atom. The van der Waals surface area contributed by atoms with Crippen molar-refractivity contribution in [3.05, 3.63) is 36.5 Å². The molecule has 0 saturated carbocycles. The third-order valence-electron chi connectivity index (χ3n) is 2.49. The zero-order valence-electron chi connectivity index (χ0n) is 10.6. The lowest BCUT2D eigenvalue weighted by atomic mass is 10.3. The molecule has 2 aromatic heterocycles. The highest BCUT2D eigenvalue weighted by Gasteiger charge is 2.05. The SMILES string of the molecule is C=C(CNCCC)CSc1nnc2ccccn12. The Bertz CT molecular complexity index is 520. The van der Waals surface area contributed by atoms with Gasteiger partial charge in [-0.1, -0.05) is 36.9 Å². The summed E-state index contributed by atoms with van der Waals surface area (Å²) in [5, 5.41) is 12.6. The molecule has 0 aliphatic rings.